The summed E-state index contributed by atoms with van der Waals surface area (Å²) in [6.07, 6.45) is 1.51. The van der Waals surface area contributed by atoms with Crippen LogP contribution in [-0.4, -0.2) is 30.0 Å². The molecule has 0 aromatic heterocycles. The molecule has 0 radical (unpaired) electrons. The number of hydrogen-bond acceptors (Lipinski definition) is 4. The van der Waals surface area contributed by atoms with E-state index in [9.17, 15) is 14.9 Å². The molecule has 0 saturated carbocycles. The first kappa shape index (κ1) is 18.4. The third-order valence-corrected chi connectivity index (χ3v) is 5.19. The van der Waals surface area contributed by atoms with E-state index in [1.807, 2.05) is 42.2 Å². The summed E-state index contributed by atoms with van der Waals surface area (Å²) >= 11 is 3.28. The molecule has 0 spiro atoms. The Bertz CT molecular complexity index is 833. The molecule has 1 aliphatic rings. The van der Waals surface area contributed by atoms with Crippen molar-refractivity contribution in [2.45, 2.75) is 25.8 Å². The number of nitro groups is 1. The van der Waals surface area contributed by atoms with Crippen LogP contribution in [0.25, 0.3) is 0 Å². The zero-order chi connectivity index (χ0) is 18.7. The van der Waals surface area contributed by atoms with Crippen LogP contribution in [0.4, 0.5) is 11.4 Å². The van der Waals surface area contributed by atoms with Crippen molar-refractivity contribution in [2.24, 2.45) is 0 Å². The fourth-order valence-corrected chi connectivity index (χ4v) is 3.61. The molecule has 1 saturated heterocycles. The number of carbonyl (C=O) groups is 1. The molecule has 1 aliphatic heterocycles. The normalized spacial score (nSPS) is 14.9. The Labute approximate surface area is 160 Å². The van der Waals surface area contributed by atoms with E-state index in [2.05, 4.69) is 21.2 Å². The molecule has 0 atom stereocenters. The molecular formula is C19H20BrN3O3. The Kier molecular flexibility index (Phi) is 5.56. The summed E-state index contributed by atoms with van der Waals surface area (Å²) in [5.41, 5.74) is 2.37. The maximum atomic E-state index is 12.4. The fraction of sp³-hybridized carbons (Fsp3) is 0.316. The summed E-state index contributed by atoms with van der Waals surface area (Å²) in [5, 5.41) is 14.4. The second-order valence-corrected chi connectivity index (χ2v) is 7.36. The van der Waals surface area contributed by atoms with Gasteiger partial charge in [-0.3, -0.25) is 14.9 Å². The fourth-order valence-electron chi connectivity index (χ4n) is 3.27. The number of anilines is 1. The Morgan fingerprint density at radius 3 is 2.58 bits per heavy atom. The minimum absolute atomic E-state index is 0.0591. The summed E-state index contributed by atoms with van der Waals surface area (Å²) in [5.74, 6) is -0.0591. The van der Waals surface area contributed by atoms with Gasteiger partial charge in [-0.2, -0.15) is 0 Å². The molecule has 0 aliphatic carbocycles. The second-order valence-electron chi connectivity index (χ2n) is 6.44. The second kappa shape index (κ2) is 7.86. The van der Waals surface area contributed by atoms with Crippen LogP contribution in [0, 0.1) is 17.0 Å². The molecule has 0 bridgehead atoms. The molecule has 26 heavy (non-hydrogen) atoms. The van der Waals surface area contributed by atoms with E-state index in [-0.39, 0.29) is 22.6 Å². The predicted octanol–water partition coefficient (Wildman–Crippen LogP) is 4.06. The largest absolute Gasteiger partial charge is 0.366 e. The molecule has 3 rings (SSSR count). The Balaban J connectivity index is 1.64. The number of amides is 1. The Hall–Kier alpha value is -2.41. The molecule has 1 amide bonds. The van der Waals surface area contributed by atoms with Gasteiger partial charge < -0.3 is 10.2 Å². The van der Waals surface area contributed by atoms with Crippen LogP contribution in [0.5, 0.6) is 0 Å². The number of piperidine rings is 1. The third-order valence-electron chi connectivity index (χ3n) is 4.69. The Morgan fingerprint density at radius 1 is 1.23 bits per heavy atom. The number of benzene rings is 2. The molecule has 1 heterocycles. The molecule has 136 valence electrons. The van der Waals surface area contributed by atoms with E-state index in [1.54, 1.807) is 6.07 Å². The van der Waals surface area contributed by atoms with E-state index in [0.29, 0.717) is 28.8 Å². The average molecular weight is 418 g/mol. The maximum absolute atomic E-state index is 12.4. The van der Waals surface area contributed by atoms with Crippen LogP contribution in [0.3, 0.4) is 0 Å². The highest BCUT2D eigenvalue weighted by atomic mass is 79.9. The monoisotopic (exact) mass is 417 g/mol. The highest BCUT2D eigenvalue weighted by molar-refractivity contribution is 9.10. The van der Waals surface area contributed by atoms with Crippen molar-refractivity contribution < 1.29 is 9.72 Å². The molecule has 2 aromatic carbocycles. The quantitative estimate of drug-likeness (QED) is 0.600. The third kappa shape index (κ3) is 4.04. The number of halogens is 1. The number of hydrogen-bond donors (Lipinski definition) is 1. The molecule has 0 unspecified atom stereocenters. The van der Waals surface area contributed by atoms with Gasteiger partial charge in [-0.05, 0) is 43.5 Å². The van der Waals surface area contributed by atoms with Gasteiger partial charge in [0, 0.05) is 35.2 Å². The van der Waals surface area contributed by atoms with E-state index >= 15 is 0 Å². The van der Waals surface area contributed by atoms with Gasteiger partial charge in [-0.1, -0.05) is 34.1 Å². The topological polar surface area (TPSA) is 75.5 Å². The average Bonchev–Trinajstić information content (AvgIpc) is 2.62. The minimum Gasteiger partial charge on any atom is -0.366 e. The van der Waals surface area contributed by atoms with Crippen LogP contribution < -0.4 is 10.2 Å². The van der Waals surface area contributed by atoms with Gasteiger partial charge in [0.05, 0.1) is 4.92 Å². The number of carbonyl (C=O) groups excluding carboxylic acids is 1. The van der Waals surface area contributed by atoms with E-state index in [1.165, 1.54) is 6.07 Å². The predicted molar refractivity (Wildman–Crippen MR) is 105 cm³/mol. The molecule has 6 nitrogen and oxygen atoms in total. The first-order valence-corrected chi connectivity index (χ1v) is 9.30. The molecule has 1 fully saturated rings. The van der Waals surface area contributed by atoms with E-state index < -0.39 is 0 Å². The van der Waals surface area contributed by atoms with Crippen molar-refractivity contribution in [1.29, 1.82) is 0 Å². The summed E-state index contributed by atoms with van der Waals surface area (Å²) in [4.78, 5) is 25.4. The lowest BCUT2D eigenvalue weighted by atomic mass is 10.0. The van der Waals surface area contributed by atoms with Crippen LogP contribution in [0.1, 0.15) is 28.8 Å². The molecule has 7 heteroatoms. The highest BCUT2D eigenvalue weighted by Gasteiger charge is 2.26. The van der Waals surface area contributed by atoms with Crippen molar-refractivity contribution in [3.05, 3.63) is 68.2 Å². The van der Waals surface area contributed by atoms with Crippen LogP contribution >= 0.6 is 15.9 Å². The summed E-state index contributed by atoms with van der Waals surface area (Å²) in [6.45, 7) is 3.26. The smallest absolute Gasteiger partial charge is 0.293 e. The highest BCUT2D eigenvalue weighted by Crippen LogP contribution is 2.32. The van der Waals surface area contributed by atoms with Gasteiger partial charge in [-0.15, -0.1) is 0 Å². The van der Waals surface area contributed by atoms with E-state index in [0.717, 1.165) is 18.4 Å². The molecule has 1 N–H and O–H groups in total. The lowest BCUT2D eigenvalue weighted by molar-refractivity contribution is -0.384. The van der Waals surface area contributed by atoms with Crippen molar-refractivity contribution in [2.75, 3.05) is 18.0 Å². The number of nitrogens with zero attached hydrogens (tertiary/aromatic N) is 2. The zero-order valence-corrected chi connectivity index (χ0v) is 16.0. The van der Waals surface area contributed by atoms with Crippen LogP contribution in [0.2, 0.25) is 0 Å². The van der Waals surface area contributed by atoms with Gasteiger partial charge in [0.15, 0.2) is 0 Å². The summed E-state index contributed by atoms with van der Waals surface area (Å²) in [7, 11) is 0. The van der Waals surface area contributed by atoms with Gasteiger partial charge in [0.2, 0.25) is 0 Å². The van der Waals surface area contributed by atoms with Gasteiger partial charge in [0.25, 0.3) is 11.6 Å². The molecular weight excluding hydrogens is 398 g/mol. The number of aryl methyl sites for hydroxylation is 1. The lowest BCUT2D eigenvalue weighted by Crippen LogP contribution is -2.45. The Morgan fingerprint density at radius 2 is 1.92 bits per heavy atom. The number of rotatable bonds is 4. The van der Waals surface area contributed by atoms with Gasteiger partial charge >= 0.3 is 0 Å². The van der Waals surface area contributed by atoms with Crippen molar-refractivity contribution in [3.8, 4) is 0 Å². The zero-order valence-electron chi connectivity index (χ0n) is 14.4. The van der Waals surface area contributed by atoms with Crippen LogP contribution in [0.15, 0.2) is 46.9 Å². The van der Waals surface area contributed by atoms with E-state index in [4.69, 9.17) is 0 Å². The van der Waals surface area contributed by atoms with Crippen LogP contribution in [-0.2, 0) is 0 Å². The minimum atomic E-state index is -0.355. The number of nitrogens with one attached hydrogen (secondary N) is 1. The van der Waals surface area contributed by atoms with Gasteiger partial charge in [0.1, 0.15) is 5.69 Å². The van der Waals surface area contributed by atoms with Crippen molar-refractivity contribution in [3.63, 3.8) is 0 Å². The van der Waals surface area contributed by atoms with Gasteiger partial charge in [-0.25, -0.2) is 0 Å². The van der Waals surface area contributed by atoms with Crippen molar-refractivity contribution in [1.82, 2.24) is 5.32 Å². The summed E-state index contributed by atoms with van der Waals surface area (Å²) < 4.78 is 0.688. The number of nitro benzene ring substituents is 1. The molecule has 2 aromatic rings. The lowest BCUT2D eigenvalue weighted by Gasteiger charge is -2.33. The first-order valence-electron chi connectivity index (χ1n) is 8.51. The summed E-state index contributed by atoms with van der Waals surface area (Å²) in [6, 6.07) is 12.7. The first-order chi connectivity index (χ1) is 12.5. The maximum Gasteiger partial charge on any atom is 0.293 e. The standard InChI is InChI=1S/C19H20BrN3O3/c1-13-4-2-3-5-16(13)19(24)21-15-8-10-22(11-9-15)17-7-6-14(20)12-18(17)23(25)26/h2-7,12,15H,8-11H2,1H3,(H,21,24). The SMILES string of the molecule is Cc1ccccc1C(=O)NC1CCN(c2ccc(Br)cc2[N+](=O)[O-])CC1. The van der Waals surface area contributed by atoms with Crippen molar-refractivity contribution >= 4 is 33.2 Å².